The lowest BCUT2D eigenvalue weighted by Crippen LogP contribution is -2.43. The highest BCUT2D eigenvalue weighted by molar-refractivity contribution is 5.68. The number of ether oxygens (including phenoxy) is 1. The summed E-state index contributed by atoms with van der Waals surface area (Å²) in [6.45, 7) is 4.47. The van der Waals surface area contributed by atoms with Crippen LogP contribution in [0.5, 0.6) is 0 Å². The van der Waals surface area contributed by atoms with E-state index in [4.69, 9.17) is 4.74 Å². The van der Waals surface area contributed by atoms with Gasteiger partial charge in [0.2, 0.25) is 0 Å². The lowest BCUT2D eigenvalue weighted by atomic mass is 10.1. The lowest BCUT2D eigenvalue weighted by Gasteiger charge is -2.32. The number of rotatable bonds is 3. The van der Waals surface area contributed by atoms with E-state index in [0.29, 0.717) is 25.9 Å². The molecule has 0 spiro atoms. The van der Waals surface area contributed by atoms with Crippen LogP contribution in [0.1, 0.15) is 32.4 Å². The Morgan fingerprint density at radius 3 is 2.65 bits per heavy atom. The molecule has 1 amide bonds. The molecule has 1 N–H and O–H groups in total. The zero-order valence-electron chi connectivity index (χ0n) is 14.3. The molecule has 0 saturated carbocycles. The normalized spacial score (nSPS) is 16.3. The number of carbonyl (C=O) groups excluding carboxylic acids is 1. The van der Waals surface area contributed by atoms with Gasteiger partial charge in [0, 0.05) is 25.2 Å². The molecule has 3 heterocycles. The summed E-state index contributed by atoms with van der Waals surface area (Å²) in [6.07, 6.45) is -2.84. The Hall–Kier alpha value is -2.59. The van der Waals surface area contributed by atoms with Gasteiger partial charge in [-0.25, -0.2) is 9.78 Å². The van der Waals surface area contributed by atoms with Crippen molar-refractivity contribution in [3.8, 4) is 0 Å². The monoisotopic (exact) mass is 372 g/mol. The third-order valence-electron chi connectivity index (χ3n) is 3.98. The number of nitrogens with zero attached hydrogens (tertiary/aromatic N) is 5. The number of likely N-dealkylation sites (tertiary alicyclic amines) is 1. The molecule has 1 fully saturated rings. The summed E-state index contributed by atoms with van der Waals surface area (Å²) >= 11 is 0. The third kappa shape index (κ3) is 3.97. The first-order valence-corrected chi connectivity index (χ1v) is 8.24. The van der Waals surface area contributed by atoms with Crippen molar-refractivity contribution in [1.29, 1.82) is 0 Å². The van der Waals surface area contributed by atoms with Crippen molar-refractivity contribution < 1.29 is 22.7 Å². The van der Waals surface area contributed by atoms with Gasteiger partial charge in [-0.05, 0) is 26.7 Å². The van der Waals surface area contributed by atoms with Gasteiger partial charge in [-0.3, -0.25) is 0 Å². The van der Waals surface area contributed by atoms with Crippen LogP contribution in [0.4, 0.5) is 23.8 Å². The molecule has 11 heteroatoms. The molecule has 0 bridgehead atoms. The largest absolute Gasteiger partial charge is 0.447 e. The first-order valence-electron chi connectivity index (χ1n) is 8.24. The maximum atomic E-state index is 13.0. The Kier molecular flexibility index (Phi) is 4.88. The summed E-state index contributed by atoms with van der Waals surface area (Å²) in [6, 6.07) is 0.815. The summed E-state index contributed by atoms with van der Waals surface area (Å²) in [4.78, 5) is 20.7. The minimum atomic E-state index is -4.58. The number of hydrogen-bond acceptors (Lipinski definition) is 6. The van der Waals surface area contributed by atoms with E-state index in [1.807, 2.05) is 0 Å². The number of piperidine rings is 1. The van der Waals surface area contributed by atoms with Gasteiger partial charge in [-0.2, -0.15) is 27.8 Å². The lowest BCUT2D eigenvalue weighted by molar-refractivity contribution is -0.141. The van der Waals surface area contributed by atoms with Crippen molar-refractivity contribution in [2.24, 2.45) is 0 Å². The average Bonchev–Trinajstić information content (AvgIpc) is 3.03. The van der Waals surface area contributed by atoms with Gasteiger partial charge in [0.05, 0.1) is 6.10 Å². The van der Waals surface area contributed by atoms with Crippen molar-refractivity contribution in [2.45, 2.75) is 45.0 Å². The summed E-state index contributed by atoms with van der Waals surface area (Å²) in [5.74, 6) is 0.0447. The molecule has 1 saturated heterocycles. The summed E-state index contributed by atoms with van der Waals surface area (Å²) < 4.78 is 45.4. The van der Waals surface area contributed by atoms with E-state index < -0.39 is 11.9 Å². The third-order valence-corrected chi connectivity index (χ3v) is 3.98. The van der Waals surface area contributed by atoms with Crippen molar-refractivity contribution in [2.75, 3.05) is 18.4 Å². The van der Waals surface area contributed by atoms with Crippen LogP contribution in [0.15, 0.2) is 12.4 Å². The molecule has 0 aromatic carbocycles. The molecule has 0 radical (unpaired) electrons. The molecule has 26 heavy (non-hydrogen) atoms. The fourth-order valence-electron chi connectivity index (χ4n) is 2.75. The van der Waals surface area contributed by atoms with Crippen molar-refractivity contribution >= 4 is 17.7 Å². The molecule has 0 aliphatic carbocycles. The number of nitrogens with one attached hydrogen (secondary N) is 1. The molecule has 2 aromatic rings. The van der Waals surface area contributed by atoms with Crippen LogP contribution in [0, 0.1) is 0 Å². The van der Waals surface area contributed by atoms with Crippen LogP contribution in [-0.4, -0.2) is 55.8 Å². The molecular weight excluding hydrogens is 353 g/mol. The Morgan fingerprint density at radius 2 is 2.04 bits per heavy atom. The second-order valence-electron chi connectivity index (χ2n) is 6.33. The van der Waals surface area contributed by atoms with Gasteiger partial charge in [0.25, 0.3) is 5.78 Å². The smallest absolute Gasteiger partial charge is 0.433 e. The van der Waals surface area contributed by atoms with E-state index in [1.54, 1.807) is 18.7 Å². The zero-order valence-corrected chi connectivity index (χ0v) is 14.3. The van der Waals surface area contributed by atoms with Crippen LogP contribution < -0.4 is 5.32 Å². The zero-order chi connectivity index (χ0) is 18.9. The van der Waals surface area contributed by atoms with Gasteiger partial charge in [0.15, 0.2) is 5.69 Å². The fourth-order valence-corrected chi connectivity index (χ4v) is 2.75. The van der Waals surface area contributed by atoms with Crippen LogP contribution >= 0.6 is 0 Å². The topological polar surface area (TPSA) is 84.6 Å². The van der Waals surface area contributed by atoms with Crippen molar-refractivity contribution in [1.82, 2.24) is 24.5 Å². The molecule has 1 aliphatic rings. The molecule has 2 aromatic heterocycles. The quantitative estimate of drug-likeness (QED) is 0.891. The highest BCUT2D eigenvalue weighted by atomic mass is 19.4. The molecule has 0 atom stereocenters. The highest BCUT2D eigenvalue weighted by Crippen LogP contribution is 2.30. The highest BCUT2D eigenvalue weighted by Gasteiger charge is 2.34. The number of alkyl halides is 3. The van der Waals surface area contributed by atoms with E-state index in [9.17, 15) is 18.0 Å². The average molecular weight is 372 g/mol. The second kappa shape index (κ2) is 6.96. The molecule has 3 rings (SSSR count). The number of halogens is 3. The first-order chi connectivity index (χ1) is 12.2. The van der Waals surface area contributed by atoms with Gasteiger partial charge >= 0.3 is 12.3 Å². The van der Waals surface area contributed by atoms with Crippen LogP contribution in [-0.2, 0) is 10.9 Å². The van der Waals surface area contributed by atoms with E-state index >= 15 is 0 Å². The van der Waals surface area contributed by atoms with Crippen molar-refractivity contribution in [3.05, 3.63) is 18.1 Å². The summed E-state index contributed by atoms with van der Waals surface area (Å²) in [5, 5.41) is 6.98. The molecule has 8 nitrogen and oxygen atoms in total. The second-order valence-corrected chi connectivity index (χ2v) is 6.33. The number of fused-ring (bicyclic) bond motifs is 1. The Labute approximate surface area is 147 Å². The van der Waals surface area contributed by atoms with Gasteiger partial charge in [-0.1, -0.05) is 0 Å². The Bertz CT molecular complexity index is 783. The maximum Gasteiger partial charge on any atom is 0.433 e. The van der Waals surface area contributed by atoms with Crippen LogP contribution in [0.3, 0.4) is 0 Å². The van der Waals surface area contributed by atoms with E-state index in [1.165, 1.54) is 4.52 Å². The number of amides is 1. The minimum absolute atomic E-state index is 0.103. The minimum Gasteiger partial charge on any atom is -0.447 e. The predicted octanol–water partition coefficient (Wildman–Crippen LogP) is 2.56. The predicted molar refractivity (Wildman–Crippen MR) is 85.6 cm³/mol. The SMILES string of the molecule is CC(C)OC(=O)N1CCC(Nc2cc(C(F)(F)F)nc3ncnn23)CC1. The van der Waals surface area contributed by atoms with Crippen molar-refractivity contribution in [3.63, 3.8) is 0 Å². The van der Waals surface area contributed by atoms with Gasteiger partial charge in [-0.15, -0.1) is 0 Å². The molecule has 0 unspecified atom stereocenters. The van der Waals surface area contributed by atoms with Gasteiger partial charge in [0.1, 0.15) is 12.1 Å². The van der Waals surface area contributed by atoms with Crippen LogP contribution in [0.2, 0.25) is 0 Å². The molecular formula is C15H19F3N6O2. The summed E-state index contributed by atoms with van der Waals surface area (Å²) in [7, 11) is 0. The Morgan fingerprint density at radius 1 is 1.35 bits per heavy atom. The molecule has 1 aliphatic heterocycles. The summed E-state index contributed by atoms with van der Waals surface area (Å²) in [5.41, 5.74) is -1.03. The van der Waals surface area contributed by atoms with E-state index in [0.717, 1.165) is 12.4 Å². The van der Waals surface area contributed by atoms with E-state index in [2.05, 4.69) is 20.4 Å². The van der Waals surface area contributed by atoms with Gasteiger partial charge < -0.3 is 15.0 Å². The number of carbonyl (C=O) groups is 1. The number of hydrogen-bond donors (Lipinski definition) is 1. The number of anilines is 1. The first kappa shape index (κ1) is 18.2. The van der Waals surface area contributed by atoms with E-state index in [-0.39, 0.29) is 29.8 Å². The van der Waals surface area contributed by atoms with Crippen LogP contribution in [0.25, 0.3) is 5.78 Å². The maximum absolute atomic E-state index is 13.0. The Balaban J connectivity index is 1.70. The number of aromatic nitrogens is 4. The molecule has 142 valence electrons. The fraction of sp³-hybridized carbons (Fsp3) is 0.600. The standard InChI is InChI=1S/C15H19F3N6O2/c1-9(2)26-14(25)23-5-3-10(4-6-23)21-12-7-11(15(16,17)18)22-13-19-8-20-24(12)13/h7-10,21H,3-6H2,1-2H3.